The Kier molecular flexibility index (Phi) is 8.46. The molecule has 0 saturated carbocycles. The summed E-state index contributed by atoms with van der Waals surface area (Å²) in [7, 11) is 0. The van der Waals surface area contributed by atoms with Gasteiger partial charge in [-0.2, -0.15) is 0 Å². The second-order valence-electron chi connectivity index (χ2n) is 8.27. The van der Waals surface area contributed by atoms with E-state index in [1.807, 2.05) is 48.5 Å². The van der Waals surface area contributed by atoms with Crippen LogP contribution < -0.4 is 5.32 Å². The van der Waals surface area contributed by atoms with E-state index in [4.69, 9.17) is 9.47 Å². The Balaban J connectivity index is 1.76. The standard InChI is InChI=1S/C26H30N2O7/c1-4-16(3)28(14-22(29)30)24(31)23(25(32)34-5-2)27-26(33)35-15-21-19-12-8-6-10-17(19)18-11-7-9-13-20(18)21/h6-13,16,21,23H,4-5,14-15H2,1-3H3,(H,27,33)(H,29,30). The molecule has 0 bridgehead atoms. The van der Waals surface area contributed by atoms with Crippen molar-refractivity contribution in [1.29, 1.82) is 0 Å². The monoisotopic (exact) mass is 482 g/mol. The van der Waals surface area contributed by atoms with Crippen molar-refractivity contribution in [3.63, 3.8) is 0 Å². The number of fused-ring (bicyclic) bond motifs is 3. The smallest absolute Gasteiger partial charge is 0.408 e. The molecule has 0 aliphatic heterocycles. The normalized spacial score (nSPS) is 13.7. The zero-order valence-corrected chi connectivity index (χ0v) is 20.0. The molecular formula is C26H30N2O7. The van der Waals surface area contributed by atoms with Crippen molar-refractivity contribution in [1.82, 2.24) is 10.2 Å². The lowest BCUT2D eigenvalue weighted by Gasteiger charge is -2.30. The Bertz CT molecular complexity index is 1060. The summed E-state index contributed by atoms with van der Waals surface area (Å²) in [6.45, 7) is 4.37. The Morgan fingerprint density at radius 3 is 2.06 bits per heavy atom. The van der Waals surface area contributed by atoms with Crippen molar-refractivity contribution in [3.05, 3.63) is 59.7 Å². The summed E-state index contributed by atoms with van der Waals surface area (Å²) in [5.74, 6) is -3.28. The molecule has 3 rings (SSSR count). The highest BCUT2D eigenvalue weighted by atomic mass is 16.6. The highest BCUT2D eigenvalue weighted by Gasteiger charge is 2.37. The van der Waals surface area contributed by atoms with Gasteiger partial charge in [-0.15, -0.1) is 0 Å². The lowest BCUT2D eigenvalue weighted by Crippen LogP contribution is -2.56. The first kappa shape index (κ1) is 25.7. The fourth-order valence-electron chi connectivity index (χ4n) is 4.19. The van der Waals surface area contributed by atoms with Crippen molar-refractivity contribution in [3.8, 4) is 11.1 Å². The van der Waals surface area contributed by atoms with Crippen molar-refractivity contribution >= 4 is 23.9 Å². The predicted molar refractivity (Wildman–Crippen MR) is 128 cm³/mol. The van der Waals surface area contributed by atoms with Gasteiger partial charge in [0, 0.05) is 12.0 Å². The van der Waals surface area contributed by atoms with Crippen molar-refractivity contribution in [2.45, 2.75) is 45.2 Å². The van der Waals surface area contributed by atoms with Gasteiger partial charge < -0.3 is 19.5 Å². The van der Waals surface area contributed by atoms with Crippen LogP contribution in [0.1, 0.15) is 44.2 Å². The first-order chi connectivity index (χ1) is 16.8. The molecular weight excluding hydrogens is 452 g/mol. The van der Waals surface area contributed by atoms with Gasteiger partial charge in [0.2, 0.25) is 6.04 Å². The Morgan fingerprint density at radius 2 is 1.54 bits per heavy atom. The maximum atomic E-state index is 13.1. The number of hydrogen-bond acceptors (Lipinski definition) is 6. The van der Waals surface area contributed by atoms with Crippen LogP contribution in [0.4, 0.5) is 4.79 Å². The number of carboxylic acid groups (broad SMARTS) is 1. The van der Waals surface area contributed by atoms with Gasteiger partial charge in [-0.3, -0.25) is 14.9 Å². The van der Waals surface area contributed by atoms with Crippen LogP contribution in [0.2, 0.25) is 0 Å². The second-order valence-corrected chi connectivity index (χ2v) is 8.27. The van der Waals surface area contributed by atoms with E-state index < -0.39 is 42.6 Å². The number of esters is 1. The number of benzene rings is 2. The molecule has 0 saturated heterocycles. The van der Waals surface area contributed by atoms with Crippen LogP contribution >= 0.6 is 0 Å². The molecule has 1 aliphatic carbocycles. The van der Waals surface area contributed by atoms with Gasteiger partial charge >= 0.3 is 18.0 Å². The predicted octanol–water partition coefficient (Wildman–Crippen LogP) is 3.17. The molecule has 186 valence electrons. The van der Waals surface area contributed by atoms with E-state index >= 15 is 0 Å². The molecule has 0 radical (unpaired) electrons. The van der Waals surface area contributed by atoms with Crippen molar-refractivity contribution in [2.24, 2.45) is 0 Å². The molecule has 0 heterocycles. The second kappa shape index (κ2) is 11.5. The Hall–Kier alpha value is -3.88. The summed E-state index contributed by atoms with van der Waals surface area (Å²) in [6.07, 6.45) is -0.517. The number of carbonyl (C=O) groups is 4. The number of amides is 2. The molecule has 2 unspecified atom stereocenters. The van der Waals surface area contributed by atoms with Gasteiger partial charge in [0.05, 0.1) is 6.61 Å². The number of aliphatic carboxylic acids is 1. The number of ether oxygens (including phenoxy) is 2. The molecule has 9 heteroatoms. The van der Waals surface area contributed by atoms with Gasteiger partial charge in [-0.1, -0.05) is 55.5 Å². The van der Waals surface area contributed by atoms with Crippen LogP contribution in [0.3, 0.4) is 0 Å². The van der Waals surface area contributed by atoms with Crippen LogP contribution in [0.5, 0.6) is 0 Å². The fourth-order valence-corrected chi connectivity index (χ4v) is 4.19. The number of carboxylic acids is 1. The minimum atomic E-state index is -1.72. The largest absolute Gasteiger partial charge is 0.480 e. The van der Waals surface area contributed by atoms with Gasteiger partial charge in [0.25, 0.3) is 5.91 Å². The maximum Gasteiger partial charge on any atom is 0.408 e. The molecule has 2 amide bonds. The molecule has 0 spiro atoms. The first-order valence-electron chi connectivity index (χ1n) is 11.6. The molecule has 2 atom stereocenters. The average molecular weight is 483 g/mol. The van der Waals surface area contributed by atoms with Crippen LogP contribution in [-0.2, 0) is 23.9 Å². The number of nitrogens with zero attached hydrogens (tertiary/aromatic N) is 1. The van der Waals surface area contributed by atoms with E-state index in [-0.39, 0.29) is 19.1 Å². The molecule has 2 N–H and O–H groups in total. The van der Waals surface area contributed by atoms with Crippen LogP contribution in [0.25, 0.3) is 11.1 Å². The summed E-state index contributed by atoms with van der Waals surface area (Å²) in [4.78, 5) is 50.7. The van der Waals surface area contributed by atoms with Crippen LogP contribution in [-0.4, -0.2) is 65.8 Å². The van der Waals surface area contributed by atoms with E-state index in [0.717, 1.165) is 27.2 Å². The van der Waals surface area contributed by atoms with E-state index in [9.17, 15) is 24.3 Å². The quantitative estimate of drug-likeness (QED) is 0.394. The summed E-state index contributed by atoms with van der Waals surface area (Å²) in [5.41, 5.74) is 4.16. The zero-order chi connectivity index (χ0) is 25.5. The number of hydrogen-bond donors (Lipinski definition) is 2. The van der Waals surface area contributed by atoms with Crippen LogP contribution in [0, 0.1) is 0 Å². The van der Waals surface area contributed by atoms with Gasteiger partial charge in [0.1, 0.15) is 13.2 Å². The molecule has 0 fully saturated rings. The molecule has 2 aromatic carbocycles. The Morgan fingerprint density at radius 1 is 0.971 bits per heavy atom. The SMILES string of the molecule is CCOC(=O)C(NC(=O)OCC1c2ccccc2-c2ccccc21)C(=O)N(CC(=O)O)C(C)CC. The van der Waals surface area contributed by atoms with Crippen molar-refractivity contribution in [2.75, 3.05) is 19.8 Å². The minimum absolute atomic E-state index is 0.00615. The number of carbonyl (C=O) groups excluding carboxylic acids is 3. The van der Waals surface area contributed by atoms with Crippen molar-refractivity contribution < 1.29 is 33.8 Å². The van der Waals surface area contributed by atoms with E-state index in [1.54, 1.807) is 20.8 Å². The summed E-state index contributed by atoms with van der Waals surface area (Å²) < 4.78 is 10.4. The summed E-state index contributed by atoms with van der Waals surface area (Å²) in [6, 6.07) is 13.5. The third-order valence-corrected chi connectivity index (χ3v) is 6.09. The maximum absolute atomic E-state index is 13.1. The van der Waals surface area contributed by atoms with E-state index in [1.165, 1.54) is 0 Å². The molecule has 0 aromatic heterocycles. The Labute approximate surface area is 204 Å². The zero-order valence-electron chi connectivity index (χ0n) is 20.0. The number of rotatable bonds is 10. The van der Waals surface area contributed by atoms with Crippen LogP contribution in [0.15, 0.2) is 48.5 Å². The molecule has 35 heavy (non-hydrogen) atoms. The third-order valence-electron chi connectivity index (χ3n) is 6.09. The third kappa shape index (κ3) is 5.79. The lowest BCUT2D eigenvalue weighted by atomic mass is 9.98. The minimum Gasteiger partial charge on any atom is -0.480 e. The molecule has 1 aliphatic rings. The van der Waals surface area contributed by atoms with Gasteiger partial charge in [0.15, 0.2) is 0 Å². The summed E-state index contributed by atoms with van der Waals surface area (Å²) >= 11 is 0. The van der Waals surface area contributed by atoms with Gasteiger partial charge in [-0.25, -0.2) is 9.59 Å². The first-order valence-corrected chi connectivity index (χ1v) is 11.6. The highest BCUT2D eigenvalue weighted by molar-refractivity contribution is 6.05. The number of nitrogens with one attached hydrogen (secondary N) is 1. The average Bonchev–Trinajstić information content (AvgIpc) is 3.17. The lowest BCUT2D eigenvalue weighted by molar-refractivity contribution is -0.156. The topological polar surface area (TPSA) is 122 Å². The molecule has 9 nitrogen and oxygen atoms in total. The fraction of sp³-hybridized carbons (Fsp3) is 0.385. The molecule has 2 aromatic rings. The van der Waals surface area contributed by atoms with E-state index in [0.29, 0.717) is 6.42 Å². The highest BCUT2D eigenvalue weighted by Crippen LogP contribution is 2.44. The van der Waals surface area contributed by atoms with Gasteiger partial charge in [-0.05, 0) is 42.5 Å². The number of alkyl carbamates (subject to hydrolysis) is 1. The van der Waals surface area contributed by atoms with E-state index in [2.05, 4.69) is 5.32 Å². The summed E-state index contributed by atoms with van der Waals surface area (Å²) in [5, 5.41) is 11.5.